The molecule has 0 aliphatic rings. The van der Waals surface area contributed by atoms with Crippen molar-refractivity contribution in [1.82, 2.24) is 9.47 Å². The topological polar surface area (TPSA) is 51.3 Å². The SMILES string of the molecule is CSCCC(C)N(C)CCCn1cc(N)ccc1=O. The van der Waals surface area contributed by atoms with Crippen LogP contribution in [-0.4, -0.2) is 41.1 Å². The van der Waals surface area contributed by atoms with Crippen molar-refractivity contribution in [3.8, 4) is 0 Å². The lowest BCUT2D eigenvalue weighted by Crippen LogP contribution is -2.31. The van der Waals surface area contributed by atoms with Gasteiger partial charge in [0.2, 0.25) is 0 Å². The van der Waals surface area contributed by atoms with E-state index >= 15 is 0 Å². The molecule has 1 atom stereocenters. The van der Waals surface area contributed by atoms with Crippen molar-refractivity contribution in [3.63, 3.8) is 0 Å². The molecule has 1 aromatic rings. The van der Waals surface area contributed by atoms with Crippen molar-refractivity contribution in [2.24, 2.45) is 0 Å². The fraction of sp³-hybridized carbons (Fsp3) is 0.643. The van der Waals surface area contributed by atoms with E-state index in [0.717, 1.165) is 19.5 Å². The van der Waals surface area contributed by atoms with Crippen molar-refractivity contribution in [2.75, 3.05) is 31.3 Å². The van der Waals surface area contributed by atoms with Gasteiger partial charge in [-0.1, -0.05) is 0 Å². The second-order valence-electron chi connectivity index (χ2n) is 4.96. The lowest BCUT2D eigenvalue weighted by atomic mass is 10.2. The average Bonchev–Trinajstić information content (AvgIpc) is 2.39. The highest BCUT2D eigenvalue weighted by Gasteiger charge is 2.08. The summed E-state index contributed by atoms with van der Waals surface area (Å²) in [6.45, 7) is 3.98. The molecule has 1 heterocycles. The van der Waals surface area contributed by atoms with Crippen molar-refractivity contribution >= 4 is 17.4 Å². The van der Waals surface area contributed by atoms with Crippen LogP contribution < -0.4 is 11.3 Å². The monoisotopic (exact) mass is 283 g/mol. The normalized spacial score (nSPS) is 12.8. The Balaban J connectivity index is 2.37. The van der Waals surface area contributed by atoms with E-state index in [9.17, 15) is 4.79 Å². The molecule has 0 amide bonds. The van der Waals surface area contributed by atoms with Crippen LogP contribution in [0.2, 0.25) is 0 Å². The van der Waals surface area contributed by atoms with Gasteiger partial charge in [-0.3, -0.25) is 4.79 Å². The van der Waals surface area contributed by atoms with Crippen LogP contribution in [0, 0.1) is 0 Å². The van der Waals surface area contributed by atoms with Crippen molar-refractivity contribution in [1.29, 1.82) is 0 Å². The number of nitrogens with zero attached hydrogens (tertiary/aromatic N) is 2. The third-order valence-electron chi connectivity index (χ3n) is 3.41. The molecule has 108 valence electrons. The van der Waals surface area contributed by atoms with E-state index in [1.807, 2.05) is 11.8 Å². The second-order valence-corrected chi connectivity index (χ2v) is 5.94. The van der Waals surface area contributed by atoms with Gasteiger partial charge in [0, 0.05) is 30.5 Å². The summed E-state index contributed by atoms with van der Waals surface area (Å²) >= 11 is 1.89. The Bertz CT molecular complexity index is 433. The van der Waals surface area contributed by atoms with E-state index in [-0.39, 0.29) is 5.56 Å². The smallest absolute Gasteiger partial charge is 0.250 e. The first-order valence-corrected chi connectivity index (χ1v) is 8.09. The molecule has 0 saturated heterocycles. The summed E-state index contributed by atoms with van der Waals surface area (Å²) < 4.78 is 1.69. The van der Waals surface area contributed by atoms with E-state index in [4.69, 9.17) is 5.73 Å². The third-order valence-corrected chi connectivity index (χ3v) is 4.05. The summed E-state index contributed by atoms with van der Waals surface area (Å²) in [5.74, 6) is 1.19. The zero-order valence-corrected chi connectivity index (χ0v) is 12.9. The van der Waals surface area contributed by atoms with Gasteiger partial charge in [0.1, 0.15) is 0 Å². The van der Waals surface area contributed by atoms with Gasteiger partial charge in [0.25, 0.3) is 5.56 Å². The van der Waals surface area contributed by atoms with Gasteiger partial charge in [0.15, 0.2) is 0 Å². The van der Waals surface area contributed by atoms with E-state index in [1.54, 1.807) is 16.8 Å². The molecule has 0 fully saturated rings. The van der Waals surface area contributed by atoms with Gasteiger partial charge < -0.3 is 15.2 Å². The quantitative estimate of drug-likeness (QED) is 0.791. The van der Waals surface area contributed by atoms with Gasteiger partial charge >= 0.3 is 0 Å². The standard InChI is InChI=1S/C14H25N3OS/c1-12(7-10-19-3)16(2)8-4-9-17-11-13(15)5-6-14(17)18/h5-6,11-12H,4,7-10,15H2,1-3H3. The number of thioether (sulfide) groups is 1. The number of nitrogen functional groups attached to an aromatic ring is 1. The molecule has 1 rings (SSSR count). The Hall–Kier alpha value is -0.940. The van der Waals surface area contributed by atoms with Gasteiger partial charge in [-0.05, 0) is 51.4 Å². The molecule has 5 heteroatoms. The number of aryl methyl sites for hydroxylation is 1. The summed E-state index contributed by atoms with van der Waals surface area (Å²) in [4.78, 5) is 14.0. The molecule has 2 N–H and O–H groups in total. The van der Waals surface area contributed by atoms with Gasteiger partial charge in [0.05, 0.1) is 0 Å². The lowest BCUT2D eigenvalue weighted by Gasteiger charge is -2.24. The maximum atomic E-state index is 11.6. The molecule has 4 nitrogen and oxygen atoms in total. The minimum absolute atomic E-state index is 0.0206. The predicted molar refractivity (Wildman–Crippen MR) is 84.8 cm³/mol. The van der Waals surface area contributed by atoms with Crippen molar-refractivity contribution < 1.29 is 0 Å². The summed E-state index contributed by atoms with van der Waals surface area (Å²) in [6, 6.07) is 3.76. The van der Waals surface area contributed by atoms with Crippen LogP contribution in [0.5, 0.6) is 0 Å². The van der Waals surface area contributed by atoms with Crippen LogP contribution >= 0.6 is 11.8 Å². The highest BCUT2D eigenvalue weighted by Crippen LogP contribution is 2.06. The summed E-state index contributed by atoms with van der Waals surface area (Å²) in [5.41, 5.74) is 6.35. The predicted octanol–water partition coefficient (Wildman–Crippen LogP) is 1.89. The first-order valence-electron chi connectivity index (χ1n) is 6.69. The first kappa shape index (κ1) is 16.1. The fourth-order valence-corrected chi connectivity index (χ4v) is 2.52. The minimum Gasteiger partial charge on any atom is -0.398 e. The van der Waals surface area contributed by atoms with Crippen LogP contribution in [-0.2, 0) is 6.54 Å². The number of aromatic nitrogens is 1. The molecule has 0 aromatic carbocycles. The summed E-state index contributed by atoms with van der Waals surface area (Å²) in [5, 5.41) is 0. The van der Waals surface area contributed by atoms with Gasteiger partial charge in [-0.25, -0.2) is 0 Å². The van der Waals surface area contributed by atoms with E-state index in [2.05, 4.69) is 25.1 Å². The fourth-order valence-electron chi connectivity index (χ4n) is 1.94. The Labute approximate surface area is 120 Å². The maximum Gasteiger partial charge on any atom is 0.250 e. The molecule has 0 spiro atoms. The molecule has 0 aliphatic carbocycles. The molecule has 0 radical (unpaired) electrons. The number of pyridine rings is 1. The summed E-state index contributed by atoms with van der Waals surface area (Å²) in [6.07, 6.45) is 6.03. The van der Waals surface area contributed by atoms with Crippen LogP contribution in [0.3, 0.4) is 0 Å². The molecular formula is C14H25N3OS. The molecular weight excluding hydrogens is 258 g/mol. The van der Waals surface area contributed by atoms with Crippen molar-refractivity contribution in [3.05, 3.63) is 28.7 Å². The van der Waals surface area contributed by atoms with E-state index in [0.29, 0.717) is 11.7 Å². The lowest BCUT2D eigenvalue weighted by molar-refractivity contribution is 0.245. The van der Waals surface area contributed by atoms with Crippen LogP contribution in [0.25, 0.3) is 0 Å². The zero-order chi connectivity index (χ0) is 14.3. The Morgan fingerprint density at radius 1 is 1.47 bits per heavy atom. The number of rotatable bonds is 8. The highest BCUT2D eigenvalue weighted by molar-refractivity contribution is 7.98. The molecule has 0 saturated carbocycles. The zero-order valence-electron chi connectivity index (χ0n) is 12.1. The number of hydrogen-bond acceptors (Lipinski definition) is 4. The van der Waals surface area contributed by atoms with Crippen LogP contribution in [0.4, 0.5) is 5.69 Å². The van der Waals surface area contributed by atoms with E-state index in [1.165, 1.54) is 18.2 Å². The Morgan fingerprint density at radius 2 is 2.21 bits per heavy atom. The summed E-state index contributed by atoms with van der Waals surface area (Å²) in [7, 11) is 2.15. The van der Waals surface area contributed by atoms with Gasteiger partial charge in [-0.2, -0.15) is 11.8 Å². The number of hydrogen-bond donors (Lipinski definition) is 1. The second kappa shape index (κ2) is 8.27. The number of anilines is 1. The number of nitrogens with two attached hydrogens (primary N) is 1. The highest BCUT2D eigenvalue weighted by atomic mass is 32.2. The van der Waals surface area contributed by atoms with Crippen LogP contribution in [0.1, 0.15) is 19.8 Å². The molecule has 1 aromatic heterocycles. The van der Waals surface area contributed by atoms with Crippen LogP contribution in [0.15, 0.2) is 23.1 Å². The largest absolute Gasteiger partial charge is 0.398 e. The average molecular weight is 283 g/mol. The van der Waals surface area contributed by atoms with Crippen molar-refractivity contribution in [2.45, 2.75) is 32.4 Å². The molecule has 0 bridgehead atoms. The Kier molecular flexibility index (Phi) is 7.02. The minimum atomic E-state index is 0.0206. The van der Waals surface area contributed by atoms with Gasteiger partial charge in [-0.15, -0.1) is 0 Å². The first-order chi connectivity index (χ1) is 9.04. The maximum absolute atomic E-state index is 11.6. The third kappa shape index (κ3) is 5.70. The molecule has 1 unspecified atom stereocenters. The Morgan fingerprint density at radius 3 is 2.89 bits per heavy atom. The molecule has 0 aliphatic heterocycles. The molecule has 19 heavy (non-hydrogen) atoms. The van der Waals surface area contributed by atoms with E-state index < -0.39 is 0 Å².